The van der Waals surface area contributed by atoms with Crippen LogP contribution >= 0.6 is 0 Å². The second-order valence-corrected chi connectivity index (χ2v) is 5.67. The van der Waals surface area contributed by atoms with Crippen LogP contribution in [0.25, 0.3) is 0 Å². The van der Waals surface area contributed by atoms with Gasteiger partial charge in [0.15, 0.2) is 0 Å². The maximum absolute atomic E-state index is 12.0. The number of pyridine rings is 1. The van der Waals surface area contributed by atoms with E-state index >= 15 is 0 Å². The molecule has 0 bridgehead atoms. The molecule has 8 heteroatoms. The number of hydrogen-bond acceptors (Lipinski definition) is 6. The first-order chi connectivity index (χ1) is 8.99. The van der Waals surface area contributed by atoms with E-state index < -0.39 is 10.0 Å². The van der Waals surface area contributed by atoms with Gasteiger partial charge in [-0.05, 0) is 24.1 Å². The van der Waals surface area contributed by atoms with Crippen LogP contribution in [-0.2, 0) is 16.6 Å². The van der Waals surface area contributed by atoms with Crippen molar-refractivity contribution in [3.8, 4) is 0 Å². The fourth-order valence-corrected chi connectivity index (χ4v) is 2.30. The third kappa shape index (κ3) is 3.24. The Labute approximate surface area is 111 Å². The molecule has 0 saturated heterocycles. The van der Waals surface area contributed by atoms with Crippen molar-refractivity contribution in [3.05, 3.63) is 42.0 Å². The Balaban J connectivity index is 2.14. The molecule has 0 fully saturated rings. The fraction of sp³-hybridized carbons (Fsp3) is 0.182. The molecule has 0 amide bonds. The summed E-state index contributed by atoms with van der Waals surface area (Å²) in [5.74, 6) is 0.0297. The summed E-state index contributed by atoms with van der Waals surface area (Å²) in [4.78, 5) is 11.2. The van der Waals surface area contributed by atoms with Crippen LogP contribution in [0.15, 0.2) is 35.7 Å². The van der Waals surface area contributed by atoms with Crippen molar-refractivity contribution in [1.82, 2.24) is 19.7 Å². The van der Waals surface area contributed by atoms with E-state index in [1.165, 1.54) is 12.4 Å². The van der Waals surface area contributed by atoms with E-state index in [9.17, 15) is 8.42 Å². The molecule has 0 aromatic carbocycles. The van der Waals surface area contributed by atoms with E-state index in [1.54, 1.807) is 12.4 Å². The number of aromatic nitrogens is 3. The monoisotopic (exact) mass is 279 g/mol. The summed E-state index contributed by atoms with van der Waals surface area (Å²) in [5, 5.41) is 0. The number of rotatable bonds is 4. The minimum atomic E-state index is -3.65. The Hall–Kier alpha value is -2.06. The van der Waals surface area contributed by atoms with Crippen molar-refractivity contribution in [3.63, 3.8) is 0 Å². The number of nitrogen functional groups attached to an aromatic ring is 1. The number of anilines is 1. The topological polar surface area (TPSA) is 111 Å². The van der Waals surface area contributed by atoms with Crippen molar-refractivity contribution >= 4 is 16.0 Å². The highest BCUT2D eigenvalue weighted by Gasteiger charge is 2.15. The molecule has 0 aliphatic heterocycles. The highest BCUT2D eigenvalue weighted by molar-refractivity contribution is 7.89. The summed E-state index contributed by atoms with van der Waals surface area (Å²) in [5.41, 5.74) is 7.08. The van der Waals surface area contributed by atoms with Gasteiger partial charge in [0.1, 0.15) is 4.90 Å². The number of nitrogens with two attached hydrogens (primary N) is 1. The molecule has 0 aliphatic rings. The molecule has 2 rings (SSSR count). The van der Waals surface area contributed by atoms with E-state index in [2.05, 4.69) is 19.7 Å². The van der Waals surface area contributed by atoms with Crippen LogP contribution in [0.4, 0.5) is 5.95 Å². The van der Waals surface area contributed by atoms with Gasteiger partial charge in [0.2, 0.25) is 16.0 Å². The Morgan fingerprint density at radius 1 is 1.26 bits per heavy atom. The van der Waals surface area contributed by atoms with Gasteiger partial charge in [-0.2, -0.15) is 0 Å². The van der Waals surface area contributed by atoms with Gasteiger partial charge in [-0.3, -0.25) is 4.98 Å². The molecule has 0 radical (unpaired) electrons. The molecule has 0 saturated carbocycles. The Morgan fingerprint density at radius 3 is 2.58 bits per heavy atom. The third-order valence-electron chi connectivity index (χ3n) is 2.56. The predicted molar refractivity (Wildman–Crippen MR) is 69.4 cm³/mol. The molecular weight excluding hydrogens is 266 g/mol. The van der Waals surface area contributed by atoms with E-state index in [1.807, 2.05) is 13.0 Å². The number of aryl methyl sites for hydroxylation is 1. The summed E-state index contributed by atoms with van der Waals surface area (Å²) in [6.07, 6.45) is 5.61. The number of hydrogen-bond donors (Lipinski definition) is 2. The quantitative estimate of drug-likeness (QED) is 0.829. The lowest BCUT2D eigenvalue weighted by molar-refractivity contribution is 0.580. The molecular formula is C11H13N5O2S. The lowest BCUT2D eigenvalue weighted by Crippen LogP contribution is -2.24. The Morgan fingerprint density at radius 2 is 1.95 bits per heavy atom. The maximum Gasteiger partial charge on any atom is 0.243 e. The average molecular weight is 279 g/mol. The summed E-state index contributed by atoms with van der Waals surface area (Å²) < 4.78 is 26.4. The van der Waals surface area contributed by atoms with Gasteiger partial charge < -0.3 is 5.73 Å². The minimum absolute atomic E-state index is 0.0248. The first-order valence-corrected chi connectivity index (χ1v) is 6.94. The first kappa shape index (κ1) is 13.4. The summed E-state index contributed by atoms with van der Waals surface area (Å²) in [7, 11) is -3.65. The Kier molecular flexibility index (Phi) is 3.72. The Bertz CT molecular complexity index is 670. The van der Waals surface area contributed by atoms with Gasteiger partial charge in [0.05, 0.1) is 12.4 Å². The van der Waals surface area contributed by atoms with Crippen LogP contribution in [0.1, 0.15) is 11.1 Å². The number of nitrogens with one attached hydrogen (secondary N) is 1. The number of nitrogens with zero attached hydrogens (tertiary/aromatic N) is 3. The lowest BCUT2D eigenvalue weighted by Gasteiger charge is -2.07. The van der Waals surface area contributed by atoms with E-state index in [0.717, 1.165) is 11.1 Å². The maximum atomic E-state index is 12.0. The van der Waals surface area contributed by atoms with Crippen LogP contribution in [0.2, 0.25) is 0 Å². The highest BCUT2D eigenvalue weighted by Crippen LogP contribution is 2.09. The van der Waals surface area contributed by atoms with Gasteiger partial charge in [-0.25, -0.2) is 23.1 Å². The molecule has 0 atom stereocenters. The summed E-state index contributed by atoms with van der Waals surface area (Å²) in [6.45, 7) is 2.05. The second-order valence-electron chi connectivity index (χ2n) is 3.90. The zero-order chi connectivity index (χ0) is 13.9. The number of sulfonamides is 1. The largest absolute Gasteiger partial charge is 0.368 e. The molecule has 3 N–H and O–H groups in total. The van der Waals surface area contributed by atoms with Crippen molar-refractivity contribution in [2.24, 2.45) is 0 Å². The summed E-state index contributed by atoms with van der Waals surface area (Å²) >= 11 is 0. The molecule has 100 valence electrons. The van der Waals surface area contributed by atoms with Crippen molar-refractivity contribution in [1.29, 1.82) is 0 Å². The van der Waals surface area contributed by atoms with Crippen molar-refractivity contribution in [2.45, 2.75) is 18.4 Å². The van der Waals surface area contributed by atoms with Gasteiger partial charge >= 0.3 is 0 Å². The summed E-state index contributed by atoms with van der Waals surface area (Å²) in [6, 6.07) is 1.82. The molecule has 7 nitrogen and oxygen atoms in total. The van der Waals surface area contributed by atoms with E-state index in [0.29, 0.717) is 0 Å². The van der Waals surface area contributed by atoms with Crippen molar-refractivity contribution in [2.75, 3.05) is 5.73 Å². The third-order valence-corrected chi connectivity index (χ3v) is 3.91. The van der Waals surface area contributed by atoms with Crippen LogP contribution in [0, 0.1) is 6.92 Å². The zero-order valence-electron chi connectivity index (χ0n) is 10.2. The minimum Gasteiger partial charge on any atom is -0.368 e. The fourth-order valence-electron chi connectivity index (χ4n) is 1.40. The van der Waals surface area contributed by atoms with Gasteiger partial charge in [0.25, 0.3) is 0 Å². The standard InChI is InChI=1S/C11H13N5O2S/c1-8-2-3-13-4-9(8)5-16-19(17,18)10-6-14-11(12)15-7-10/h2-4,6-7,16H,5H2,1H3,(H2,12,14,15). The van der Waals surface area contributed by atoms with E-state index in [4.69, 9.17) is 5.73 Å². The molecule has 2 heterocycles. The van der Waals surface area contributed by atoms with Crippen molar-refractivity contribution < 1.29 is 8.42 Å². The molecule has 0 unspecified atom stereocenters. The average Bonchev–Trinajstić information content (AvgIpc) is 2.38. The molecule has 0 aliphatic carbocycles. The first-order valence-electron chi connectivity index (χ1n) is 5.46. The lowest BCUT2D eigenvalue weighted by atomic mass is 10.2. The van der Waals surface area contributed by atoms with Crippen LogP contribution in [0.5, 0.6) is 0 Å². The van der Waals surface area contributed by atoms with Gasteiger partial charge in [-0.1, -0.05) is 0 Å². The van der Waals surface area contributed by atoms with E-state index in [-0.39, 0.29) is 17.4 Å². The normalized spacial score (nSPS) is 11.4. The molecule has 2 aromatic heterocycles. The SMILES string of the molecule is Cc1ccncc1CNS(=O)(=O)c1cnc(N)nc1. The smallest absolute Gasteiger partial charge is 0.243 e. The highest BCUT2D eigenvalue weighted by atomic mass is 32.2. The zero-order valence-corrected chi connectivity index (χ0v) is 11.1. The second kappa shape index (κ2) is 5.29. The van der Waals surface area contributed by atoms with Gasteiger partial charge in [-0.15, -0.1) is 0 Å². The predicted octanol–water partition coefficient (Wildman–Crippen LogP) is 0.241. The molecule has 0 spiro atoms. The van der Waals surface area contributed by atoms with Crippen LogP contribution in [0.3, 0.4) is 0 Å². The van der Waals surface area contributed by atoms with Crippen LogP contribution < -0.4 is 10.5 Å². The van der Waals surface area contributed by atoms with Gasteiger partial charge in [0, 0.05) is 18.9 Å². The molecule has 2 aromatic rings. The van der Waals surface area contributed by atoms with Crippen LogP contribution in [-0.4, -0.2) is 23.4 Å². The molecule has 19 heavy (non-hydrogen) atoms.